The summed E-state index contributed by atoms with van der Waals surface area (Å²) in [6.07, 6.45) is 96.6. The lowest BCUT2D eigenvalue weighted by Gasteiger charge is -2.18. The van der Waals surface area contributed by atoms with Gasteiger partial charge in [-0.05, 0) is 122 Å². The average Bonchev–Trinajstić information content (AvgIpc) is 3.48. The molecule has 0 amide bonds. The lowest BCUT2D eigenvalue weighted by Crippen LogP contribution is -2.30. The van der Waals surface area contributed by atoms with Crippen molar-refractivity contribution in [3.63, 3.8) is 0 Å². The monoisotopic (exact) mass is 1140 g/mol. The highest BCUT2D eigenvalue weighted by molar-refractivity contribution is 5.71. The Morgan fingerprint density at radius 3 is 0.756 bits per heavy atom. The molecule has 6 nitrogen and oxygen atoms in total. The number of rotatable bonds is 62. The molecule has 0 rings (SSSR count). The van der Waals surface area contributed by atoms with Crippen LogP contribution in [0.2, 0.25) is 0 Å². The van der Waals surface area contributed by atoms with Crippen LogP contribution in [0.15, 0.2) is 122 Å². The van der Waals surface area contributed by atoms with Crippen LogP contribution in [0, 0.1) is 0 Å². The molecule has 0 aromatic rings. The minimum Gasteiger partial charge on any atom is -0.462 e. The van der Waals surface area contributed by atoms with Crippen molar-refractivity contribution in [3.05, 3.63) is 122 Å². The summed E-state index contributed by atoms with van der Waals surface area (Å²) in [5.74, 6) is -0.887. The van der Waals surface area contributed by atoms with Crippen molar-refractivity contribution in [2.45, 2.75) is 329 Å². The quantitative estimate of drug-likeness (QED) is 0.0261. The van der Waals surface area contributed by atoms with E-state index in [-0.39, 0.29) is 31.1 Å². The number of unbranched alkanes of at least 4 members (excludes halogenated alkanes) is 31. The van der Waals surface area contributed by atoms with E-state index in [0.29, 0.717) is 19.3 Å². The molecule has 0 aliphatic carbocycles. The summed E-state index contributed by atoms with van der Waals surface area (Å²) in [6.45, 7) is 6.37. The summed E-state index contributed by atoms with van der Waals surface area (Å²) in [7, 11) is 0. The van der Waals surface area contributed by atoms with Gasteiger partial charge < -0.3 is 14.2 Å². The highest BCUT2D eigenvalue weighted by Crippen LogP contribution is 2.17. The maximum Gasteiger partial charge on any atom is 0.306 e. The van der Waals surface area contributed by atoms with Crippen LogP contribution in [-0.4, -0.2) is 37.2 Å². The van der Waals surface area contributed by atoms with E-state index < -0.39 is 6.10 Å². The molecule has 6 heteroatoms. The molecule has 82 heavy (non-hydrogen) atoms. The number of carbonyl (C=O) groups excluding carboxylic acids is 3. The first-order chi connectivity index (χ1) is 40.5. The zero-order chi connectivity index (χ0) is 59.2. The number of hydrogen-bond acceptors (Lipinski definition) is 6. The van der Waals surface area contributed by atoms with Crippen LogP contribution in [0.1, 0.15) is 323 Å². The summed E-state index contributed by atoms with van der Waals surface area (Å²) in [6, 6.07) is 0. The molecule has 1 atom stereocenters. The molecule has 468 valence electrons. The Bertz CT molecular complexity index is 1690. The van der Waals surface area contributed by atoms with E-state index in [9.17, 15) is 14.4 Å². The number of carbonyl (C=O) groups is 3. The van der Waals surface area contributed by atoms with Gasteiger partial charge in [-0.3, -0.25) is 14.4 Å². The van der Waals surface area contributed by atoms with E-state index in [1.807, 2.05) is 0 Å². The lowest BCUT2D eigenvalue weighted by molar-refractivity contribution is -0.167. The van der Waals surface area contributed by atoms with Crippen molar-refractivity contribution in [1.82, 2.24) is 0 Å². The SMILES string of the molecule is CC/C=C\C/C=C\C/C=C\C/C=C\C/C=C\CCCCCCCCCCCCCC(=O)OCC(COC(=O)CCCCCCC/C=C\CCC)OC(=O)CCCCCCCCCCCCCCCC/C=C\C/C=C\C/C=C\C/C=C\CC. The second-order valence-corrected chi connectivity index (χ2v) is 22.7. The maximum absolute atomic E-state index is 12.9. The third kappa shape index (κ3) is 66.6. The fourth-order valence-electron chi connectivity index (χ4n) is 9.58. The number of hydrogen-bond donors (Lipinski definition) is 0. The summed E-state index contributed by atoms with van der Waals surface area (Å²) in [5.41, 5.74) is 0. The Balaban J connectivity index is 4.21. The van der Waals surface area contributed by atoms with Gasteiger partial charge in [0.05, 0.1) is 0 Å². The van der Waals surface area contributed by atoms with Gasteiger partial charge in [0.15, 0.2) is 6.10 Å². The van der Waals surface area contributed by atoms with Crippen LogP contribution in [0.3, 0.4) is 0 Å². The van der Waals surface area contributed by atoms with Gasteiger partial charge in [0.1, 0.15) is 13.2 Å². The van der Waals surface area contributed by atoms with E-state index >= 15 is 0 Å². The molecule has 0 saturated carbocycles. The predicted octanol–water partition coefficient (Wildman–Crippen LogP) is 23.9. The largest absolute Gasteiger partial charge is 0.462 e. The highest BCUT2D eigenvalue weighted by atomic mass is 16.6. The van der Waals surface area contributed by atoms with Gasteiger partial charge in [0.2, 0.25) is 0 Å². The standard InChI is InChI=1S/C76H128O6/c1-4-7-10-13-16-19-22-24-26-28-30-32-34-36-38-40-42-44-46-48-50-52-54-57-60-63-66-69-75(78)81-72-73(71-80-74(77)68-65-62-59-56-21-18-15-12-9-6-3)82-76(79)70-67-64-61-58-55-53-51-49-47-45-43-41-39-37-35-33-31-29-27-25-23-20-17-14-11-8-5-2/h7-8,10-12,15-17,19-20,24-27,30-33,36,38,73H,4-6,9,13-14,18,21-23,28-29,34-35,37,39-72H2,1-3H3/b10-7-,11-8-,15-12-,19-16-,20-17-,26-24-,27-25-,32-30-,33-31-,38-36-. The Kier molecular flexibility index (Phi) is 65.8. The Labute approximate surface area is 507 Å². The van der Waals surface area contributed by atoms with E-state index in [0.717, 1.165) is 128 Å². The van der Waals surface area contributed by atoms with Crippen LogP contribution in [0.4, 0.5) is 0 Å². The topological polar surface area (TPSA) is 78.9 Å². The highest BCUT2D eigenvalue weighted by Gasteiger charge is 2.19. The van der Waals surface area contributed by atoms with E-state index in [1.165, 1.54) is 154 Å². The molecule has 0 N–H and O–H groups in total. The van der Waals surface area contributed by atoms with Crippen LogP contribution in [-0.2, 0) is 28.6 Å². The summed E-state index contributed by atoms with van der Waals surface area (Å²) in [5, 5.41) is 0. The van der Waals surface area contributed by atoms with E-state index in [1.54, 1.807) is 0 Å². The number of ether oxygens (including phenoxy) is 3. The van der Waals surface area contributed by atoms with Crippen molar-refractivity contribution in [2.75, 3.05) is 13.2 Å². The van der Waals surface area contributed by atoms with Crippen molar-refractivity contribution >= 4 is 17.9 Å². The van der Waals surface area contributed by atoms with E-state index in [2.05, 4.69) is 142 Å². The fraction of sp³-hybridized carbons (Fsp3) is 0.697. The zero-order valence-corrected chi connectivity index (χ0v) is 53.7. The molecule has 0 bridgehead atoms. The first-order valence-electron chi connectivity index (χ1n) is 34.5. The van der Waals surface area contributed by atoms with Crippen LogP contribution < -0.4 is 0 Å². The first-order valence-corrected chi connectivity index (χ1v) is 34.5. The lowest BCUT2D eigenvalue weighted by atomic mass is 10.0. The summed E-state index contributed by atoms with van der Waals surface area (Å²) < 4.78 is 16.9. The van der Waals surface area contributed by atoms with Gasteiger partial charge in [-0.2, -0.15) is 0 Å². The van der Waals surface area contributed by atoms with Gasteiger partial charge in [0, 0.05) is 19.3 Å². The van der Waals surface area contributed by atoms with Crippen molar-refractivity contribution < 1.29 is 28.6 Å². The number of allylic oxidation sites excluding steroid dienone is 20. The van der Waals surface area contributed by atoms with Crippen LogP contribution >= 0.6 is 0 Å². The Hall–Kier alpha value is -4.19. The normalized spacial score (nSPS) is 12.9. The third-order valence-electron chi connectivity index (χ3n) is 14.7. The van der Waals surface area contributed by atoms with Crippen LogP contribution in [0.25, 0.3) is 0 Å². The summed E-state index contributed by atoms with van der Waals surface area (Å²) in [4.78, 5) is 38.3. The van der Waals surface area contributed by atoms with E-state index in [4.69, 9.17) is 14.2 Å². The molecule has 0 aliphatic rings. The van der Waals surface area contributed by atoms with Crippen LogP contribution in [0.5, 0.6) is 0 Å². The molecule has 0 fully saturated rings. The van der Waals surface area contributed by atoms with Gasteiger partial charge in [-0.15, -0.1) is 0 Å². The van der Waals surface area contributed by atoms with Crippen molar-refractivity contribution in [2.24, 2.45) is 0 Å². The second-order valence-electron chi connectivity index (χ2n) is 22.7. The van der Waals surface area contributed by atoms with Gasteiger partial charge in [-0.1, -0.05) is 303 Å². The maximum atomic E-state index is 12.9. The second kappa shape index (κ2) is 69.3. The molecule has 0 aromatic heterocycles. The molecule has 0 radical (unpaired) electrons. The third-order valence-corrected chi connectivity index (χ3v) is 14.7. The minimum absolute atomic E-state index is 0.0822. The fourth-order valence-corrected chi connectivity index (χ4v) is 9.58. The molecule has 0 spiro atoms. The molecular weight excluding hydrogens is 1010 g/mol. The minimum atomic E-state index is -0.785. The average molecular weight is 1140 g/mol. The molecule has 0 saturated heterocycles. The van der Waals surface area contributed by atoms with Gasteiger partial charge in [0.25, 0.3) is 0 Å². The zero-order valence-electron chi connectivity index (χ0n) is 53.7. The van der Waals surface area contributed by atoms with Crippen molar-refractivity contribution in [1.29, 1.82) is 0 Å². The molecule has 0 heterocycles. The summed E-state index contributed by atoms with van der Waals surface area (Å²) >= 11 is 0. The molecule has 1 unspecified atom stereocenters. The Morgan fingerprint density at radius 2 is 0.476 bits per heavy atom. The Morgan fingerprint density at radius 1 is 0.256 bits per heavy atom. The molecule has 0 aromatic carbocycles. The molecule has 0 aliphatic heterocycles. The van der Waals surface area contributed by atoms with Crippen molar-refractivity contribution in [3.8, 4) is 0 Å². The van der Waals surface area contributed by atoms with Gasteiger partial charge >= 0.3 is 17.9 Å². The molecular formula is C76H128O6. The van der Waals surface area contributed by atoms with Gasteiger partial charge in [-0.25, -0.2) is 0 Å². The smallest absolute Gasteiger partial charge is 0.306 e. The first kappa shape index (κ1) is 77.8. The number of esters is 3. The predicted molar refractivity (Wildman–Crippen MR) is 357 cm³/mol.